The van der Waals surface area contributed by atoms with Crippen LogP contribution in [0.2, 0.25) is 0 Å². The lowest BCUT2D eigenvalue weighted by atomic mass is 10.1. The number of hydrogen-bond donors (Lipinski definition) is 0. The van der Waals surface area contributed by atoms with Crippen LogP contribution in [0.15, 0.2) is 47.0 Å². The molecule has 0 aliphatic carbocycles. The van der Waals surface area contributed by atoms with Crippen molar-refractivity contribution in [1.29, 1.82) is 0 Å². The average molecular weight is 439 g/mol. The van der Waals surface area contributed by atoms with Gasteiger partial charge in [-0.05, 0) is 19.1 Å². The maximum Gasteiger partial charge on any atom is 0.306 e. The summed E-state index contributed by atoms with van der Waals surface area (Å²) in [6.45, 7) is 1.60. The monoisotopic (exact) mass is 439 g/mol. The van der Waals surface area contributed by atoms with E-state index in [-0.39, 0.29) is 18.4 Å². The summed E-state index contributed by atoms with van der Waals surface area (Å²) in [5, 5.41) is 0. The van der Waals surface area contributed by atoms with Crippen molar-refractivity contribution in [3.8, 4) is 28.6 Å². The van der Waals surface area contributed by atoms with Gasteiger partial charge in [0.1, 0.15) is 0 Å². The number of aromatic nitrogens is 1. The molecule has 8 nitrogen and oxygen atoms in total. The first kappa shape index (κ1) is 22.9. The molecule has 0 aliphatic rings. The van der Waals surface area contributed by atoms with E-state index >= 15 is 0 Å². The molecule has 3 aromatic rings. The largest absolute Gasteiger partial charge is 0.493 e. The summed E-state index contributed by atoms with van der Waals surface area (Å²) < 4.78 is 26.5. The molecule has 32 heavy (non-hydrogen) atoms. The molecule has 0 aliphatic heterocycles. The van der Waals surface area contributed by atoms with Gasteiger partial charge in [0.25, 0.3) is 0 Å². The first-order valence-corrected chi connectivity index (χ1v) is 9.95. The van der Waals surface area contributed by atoms with Gasteiger partial charge in [0.15, 0.2) is 29.8 Å². The highest BCUT2D eigenvalue weighted by molar-refractivity contribution is 5.99. The van der Waals surface area contributed by atoms with Gasteiger partial charge in [0, 0.05) is 17.5 Å². The minimum atomic E-state index is -0.527. The fourth-order valence-corrected chi connectivity index (χ4v) is 3.03. The third-order valence-corrected chi connectivity index (χ3v) is 4.78. The topological polar surface area (TPSA) is 97.1 Å². The molecule has 0 spiro atoms. The Labute approximate surface area is 186 Å². The van der Waals surface area contributed by atoms with Crippen molar-refractivity contribution in [2.24, 2.45) is 0 Å². The Morgan fingerprint density at radius 2 is 1.62 bits per heavy atom. The fraction of sp³-hybridized carbons (Fsp3) is 0.292. The van der Waals surface area contributed by atoms with Crippen LogP contribution in [0.4, 0.5) is 0 Å². The highest BCUT2D eigenvalue weighted by atomic mass is 16.5. The number of nitrogens with zero attached hydrogens (tertiary/aromatic N) is 1. The van der Waals surface area contributed by atoms with Gasteiger partial charge in [-0.2, -0.15) is 0 Å². The molecule has 1 heterocycles. The lowest BCUT2D eigenvalue weighted by molar-refractivity contribution is -0.142. The van der Waals surface area contributed by atoms with Crippen LogP contribution in [0.25, 0.3) is 11.3 Å². The lowest BCUT2D eigenvalue weighted by Gasteiger charge is -2.13. The zero-order chi connectivity index (χ0) is 23.1. The summed E-state index contributed by atoms with van der Waals surface area (Å²) in [5.74, 6) is 1.19. The predicted molar refractivity (Wildman–Crippen MR) is 116 cm³/mol. The van der Waals surface area contributed by atoms with Crippen LogP contribution < -0.4 is 14.2 Å². The van der Waals surface area contributed by atoms with Crippen LogP contribution in [0.5, 0.6) is 17.2 Å². The third kappa shape index (κ3) is 5.46. The van der Waals surface area contributed by atoms with Crippen molar-refractivity contribution in [3.63, 3.8) is 0 Å². The van der Waals surface area contributed by atoms with Gasteiger partial charge < -0.3 is 23.4 Å². The quantitative estimate of drug-likeness (QED) is 0.345. The minimum Gasteiger partial charge on any atom is -0.493 e. The van der Waals surface area contributed by atoms with Crippen LogP contribution in [-0.2, 0) is 16.0 Å². The molecule has 0 atom stereocenters. The number of carbonyl (C=O) groups excluding carboxylic acids is 2. The van der Waals surface area contributed by atoms with Gasteiger partial charge >= 0.3 is 5.97 Å². The number of Topliss-reactive ketones (excluding diaryl/α,β-unsaturated/α-hetero) is 1. The molecule has 2 aromatic carbocycles. The number of oxazole rings is 1. The maximum absolute atomic E-state index is 12.5. The third-order valence-electron chi connectivity index (χ3n) is 4.78. The van der Waals surface area contributed by atoms with Crippen molar-refractivity contribution in [2.45, 2.75) is 19.8 Å². The first-order valence-electron chi connectivity index (χ1n) is 9.95. The van der Waals surface area contributed by atoms with Crippen LogP contribution in [0, 0.1) is 6.92 Å². The standard InChI is InChI=1S/C24H25NO7/c1-15-5-7-16(8-6-15)21-13-25-22(32-21)9-10-23(27)31-14-18(26)17-11-19(28-2)24(30-4)20(12-17)29-3/h5-8,11-13H,9-10,14H2,1-4H3. The van der Waals surface area contributed by atoms with Crippen LogP contribution >= 0.6 is 0 Å². The number of benzene rings is 2. The second-order valence-electron chi connectivity index (χ2n) is 6.98. The number of hydrogen-bond acceptors (Lipinski definition) is 8. The Morgan fingerprint density at radius 3 is 2.22 bits per heavy atom. The van der Waals surface area contributed by atoms with E-state index in [2.05, 4.69) is 4.98 Å². The van der Waals surface area contributed by atoms with E-state index in [4.69, 9.17) is 23.4 Å². The van der Waals surface area contributed by atoms with Crippen molar-refractivity contribution < 1.29 is 33.0 Å². The van der Waals surface area contributed by atoms with Gasteiger partial charge in [0.2, 0.25) is 11.5 Å². The van der Waals surface area contributed by atoms with E-state index in [9.17, 15) is 9.59 Å². The number of ether oxygens (including phenoxy) is 4. The maximum atomic E-state index is 12.5. The summed E-state index contributed by atoms with van der Waals surface area (Å²) in [6.07, 6.45) is 1.93. The van der Waals surface area contributed by atoms with Gasteiger partial charge in [-0.1, -0.05) is 29.8 Å². The van der Waals surface area contributed by atoms with Crippen LogP contribution in [0.3, 0.4) is 0 Å². The van der Waals surface area contributed by atoms with Gasteiger partial charge in [-0.3, -0.25) is 9.59 Å². The molecule has 0 saturated carbocycles. The number of esters is 1. The lowest BCUT2D eigenvalue weighted by Crippen LogP contribution is -2.15. The van der Waals surface area contributed by atoms with E-state index in [0.29, 0.717) is 28.9 Å². The van der Waals surface area contributed by atoms with E-state index in [1.165, 1.54) is 33.5 Å². The number of rotatable bonds is 10. The molecule has 0 unspecified atom stereocenters. The van der Waals surface area contributed by atoms with E-state index in [0.717, 1.165) is 11.1 Å². The second kappa shape index (κ2) is 10.5. The highest BCUT2D eigenvalue weighted by Crippen LogP contribution is 2.38. The summed E-state index contributed by atoms with van der Waals surface area (Å²) in [6, 6.07) is 10.9. The molecule has 1 aromatic heterocycles. The Balaban J connectivity index is 1.54. The molecule has 0 radical (unpaired) electrons. The minimum absolute atomic E-state index is 0.0381. The van der Waals surface area contributed by atoms with E-state index in [1.807, 2.05) is 31.2 Å². The highest BCUT2D eigenvalue weighted by Gasteiger charge is 2.18. The number of aryl methyl sites for hydroxylation is 2. The smallest absolute Gasteiger partial charge is 0.306 e. The summed E-state index contributed by atoms with van der Waals surface area (Å²) in [5.41, 5.74) is 2.34. The van der Waals surface area contributed by atoms with Gasteiger partial charge in [0.05, 0.1) is 33.9 Å². The van der Waals surface area contributed by atoms with E-state index < -0.39 is 18.4 Å². The van der Waals surface area contributed by atoms with Crippen molar-refractivity contribution >= 4 is 11.8 Å². The first-order chi connectivity index (χ1) is 15.4. The Bertz CT molecular complexity index is 1060. The van der Waals surface area contributed by atoms with Crippen LogP contribution in [-0.4, -0.2) is 44.7 Å². The Kier molecular flexibility index (Phi) is 7.49. The molecule has 0 bridgehead atoms. The molecule has 3 rings (SSSR count). The molecule has 0 amide bonds. The van der Waals surface area contributed by atoms with Crippen molar-refractivity contribution in [1.82, 2.24) is 4.98 Å². The molecule has 168 valence electrons. The summed E-state index contributed by atoms with van der Waals surface area (Å²) in [7, 11) is 4.39. The SMILES string of the molecule is COc1cc(C(=O)COC(=O)CCc2ncc(-c3ccc(C)cc3)o2)cc(OC)c1OC. The van der Waals surface area contributed by atoms with E-state index in [1.54, 1.807) is 6.20 Å². The Hall–Kier alpha value is -3.81. The molecular weight excluding hydrogens is 414 g/mol. The number of carbonyl (C=O) groups is 2. The summed E-state index contributed by atoms with van der Waals surface area (Å²) >= 11 is 0. The van der Waals surface area contributed by atoms with Crippen LogP contribution in [0.1, 0.15) is 28.2 Å². The number of ketones is 1. The molecule has 8 heteroatoms. The normalized spacial score (nSPS) is 10.5. The summed E-state index contributed by atoms with van der Waals surface area (Å²) in [4.78, 5) is 28.8. The second-order valence-corrected chi connectivity index (χ2v) is 6.98. The molecule has 0 N–H and O–H groups in total. The molecular formula is C24H25NO7. The Morgan fingerprint density at radius 1 is 0.969 bits per heavy atom. The van der Waals surface area contributed by atoms with Gasteiger partial charge in [-0.25, -0.2) is 4.98 Å². The predicted octanol–water partition coefficient (Wildman–Crippen LogP) is 4.03. The van der Waals surface area contributed by atoms with Gasteiger partial charge in [-0.15, -0.1) is 0 Å². The van der Waals surface area contributed by atoms with Crippen molar-refractivity contribution in [3.05, 3.63) is 59.6 Å². The zero-order valence-corrected chi connectivity index (χ0v) is 18.5. The number of methoxy groups -OCH3 is 3. The fourth-order valence-electron chi connectivity index (χ4n) is 3.03. The van der Waals surface area contributed by atoms with Crippen molar-refractivity contribution in [2.75, 3.05) is 27.9 Å². The average Bonchev–Trinajstić information content (AvgIpc) is 3.29. The molecule has 0 saturated heterocycles. The molecule has 0 fully saturated rings. The zero-order valence-electron chi connectivity index (χ0n) is 18.5.